The zero-order chi connectivity index (χ0) is 106. The van der Waals surface area contributed by atoms with Gasteiger partial charge in [0.25, 0.3) is 22.2 Å². The highest BCUT2D eigenvalue weighted by Crippen LogP contribution is 2.56. The van der Waals surface area contributed by atoms with Crippen molar-refractivity contribution in [3.05, 3.63) is 218 Å². The molecule has 1 aliphatic carbocycles. The van der Waals surface area contributed by atoms with Crippen LogP contribution in [0.3, 0.4) is 0 Å². The number of nitrogens with one attached hydrogen (secondary N) is 8. The molecule has 0 bridgehead atoms. The molecular formula is C93H109FN16O24P4S7. The first kappa shape index (κ1) is 109. The number of aromatic hydroxyl groups is 4. The van der Waals surface area contributed by atoms with Crippen LogP contribution in [0.1, 0.15) is 130 Å². The third kappa shape index (κ3) is 25.4. The van der Waals surface area contributed by atoms with Crippen LogP contribution in [-0.4, -0.2) is 146 Å². The minimum Gasteiger partial charge on any atom is -0.506 e. The molecule has 17 rings (SSSR count). The number of anilines is 8. The minimum atomic E-state index is -4.43. The third-order valence-electron chi connectivity index (χ3n) is 23.1. The number of hydrogen-bond donors (Lipinski definition) is 13. The van der Waals surface area contributed by atoms with Gasteiger partial charge in [-0.2, -0.15) is 41.7 Å². The second-order valence-corrected chi connectivity index (χ2v) is 55.9. The molecule has 0 amide bonds. The molecule has 52 heteroatoms. The maximum absolute atomic E-state index is 14.1. The van der Waals surface area contributed by atoms with Gasteiger partial charge in [-0.1, -0.05) is 75.2 Å². The average Bonchev–Trinajstić information content (AvgIpc) is 1.73. The summed E-state index contributed by atoms with van der Waals surface area (Å²) in [6.07, 6.45) is 12.2. The number of aromatic nitrogens is 4. The molecule has 40 nitrogen and oxygen atoms in total. The van der Waals surface area contributed by atoms with Crippen LogP contribution in [0.5, 0.6) is 23.0 Å². The molecule has 1 saturated carbocycles. The number of rotatable bonds is 27. The van der Waals surface area contributed by atoms with E-state index in [1.807, 2.05) is 27.6 Å². The van der Waals surface area contributed by atoms with Crippen molar-refractivity contribution in [2.75, 3.05) is 86.0 Å². The molecule has 4 aliphatic heterocycles. The van der Waals surface area contributed by atoms with Crippen molar-refractivity contribution in [1.29, 1.82) is 0 Å². The zero-order valence-corrected chi connectivity index (χ0v) is 90.7. The van der Waals surface area contributed by atoms with Gasteiger partial charge in [0.15, 0.2) is 29.1 Å². The van der Waals surface area contributed by atoms with Gasteiger partial charge < -0.3 is 78.4 Å². The highest BCUT2D eigenvalue weighted by Gasteiger charge is 2.42. The topological polar surface area (TPSA) is 567 Å². The molecule has 1 fully saturated rings. The summed E-state index contributed by atoms with van der Waals surface area (Å²) in [7, 11) is -28.2. The Kier molecular flexibility index (Phi) is 31.2. The molecule has 4 atom stereocenters. The van der Waals surface area contributed by atoms with Gasteiger partial charge in [-0.15, -0.1) is 11.3 Å². The van der Waals surface area contributed by atoms with E-state index in [9.17, 15) is 101 Å². The Morgan fingerprint density at radius 3 is 1.19 bits per heavy atom. The van der Waals surface area contributed by atoms with Gasteiger partial charge in [0.1, 0.15) is 45.3 Å². The van der Waals surface area contributed by atoms with Crippen LogP contribution >= 0.6 is 64.1 Å². The van der Waals surface area contributed by atoms with Crippen molar-refractivity contribution in [3.63, 3.8) is 0 Å². The third-order valence-corrected chi connectivity index (χ3v) is 35.2. The average molecular weight is 2200 g/mol. The summed E-state index contributed by atoms with van der Waals surface area (Å²) in [6, 6.07) is 26.3. The predicted molar refractivity (Wildman–Crippen MR) is 576 cm³/mol. The van der Waals surface area contributed by atoms with E-state index in [1.54, 1.807) is 41.4 Å². The van der Waals surface area contributed by atoms with Crippen molar-refractivity contribution in [2.45, 2.75) is 134 Å². The van der Waals surface area contributed by atoms with Gasteiger partial charge in [0, 0.05) is 92.1 Å². The first-order chi connectivity index (χ1) is 67.6. The molecular weight excluding hydrogens is 2090 g/mol. The number of nitrogens with zero attached hydrogens (tertiary/aromatic N) is 8. The first-order valence-electron chi connectivity index (χ1n) is 44.8. The fraction of sp³-hybridized carbons (Fsp3) is 0.333. The Bertz CT molecular complexity index is 8310. The van der Waals surface area contributed by atoms with Crippen molar-refractivity contribution < 1.29 is 95.2 Å². The molecule has 12 aromatic rings. The molecule has 11 heterocycles. The van der Waals surface area contributed by atoms with Gasteiger partial charge >= 0.3 is 30.1 Å². The van der Waals surface area contributed by atoms with Crippen LogP contribution < -0.4 is 83.6 Å². The number of aryl methyl sites for hydroxylation is 4. The lowest BCUT2D eigenvalue weighted by Gasteiger charge is -2.26. The number of amidine groups is 4. The molecule has 13 N–H and O–H groups in total. The monoisotopic (exact) mass is 2200 g/mol. The normalized spacial score (nSPS) is 18.2. The summed E-state index contributed by atoms with van der Waals surface area (Å²) in [5.41, 5.74) is 2.09. The summed E-state index contributed by atoms with van der Waals surface area (Å²) in [5, 5.41) is 66.0. The van der Waals surface area contributed by atoms with Crippen molar-refractivity contribution in [1.82, 2.24) is 18.3 Å². The Morgan fingerprint density at radius 1 is 0.448 bits per heavy atom. The summed E-state index contributed by atoms with van der Waals surface area (Å²) >= 11 is 4.18. The second kappa shape index (κ2) is 41.5. The largest absolute Gasteiger partial charge is 0.506 e. The van der Waals surface area contributed by atoms with E-state index < -0.39 is 104 Å². The van der Waals surface area contributed by atoms with Crippen LogP contribution in [0.25, 0.3) is 43.4 Å². The van der Waals surface area contributed by atoms with Gasteiger partial charge in [-0.3, -0.25) is 56.3 Å². The Balaban J connectivity index is 0.000000153. The molecule has 0 radical (unpaired) electrons. The van der Waals surface area contributed by atoms with Gasteiger partial charge in [0.05, 0.1) is 91.3 Å². The van der Waals surface area contributed by atoms with E-state index >= 15 is 0 Å². The van der Waals surface area contributed by atoms with Gasteiger partial charge in [-0.25, -0.2) is 38.1 Å². The second-order valence-electron chi connectivity index (χ2n) is 38.5. The van der Waals surface area contributed by atoms with E-state index in [4.69, 9.17) is 13.6 Å². The summed E-state index contributed by atoms with van der Waals surface area (Å²) < 4.78 is 210. The van der Waals surface area contributed by atoms with Crippen LogP contribution in [0.4, 0.5) is 49.9 Å². The molecule has 7 aromatic heterocycles. The number of sulfonamides is 4. The summed E-state index contributed by atoms with van der Waals surface area (Å²) in [6.45, 7) is 21.9. The SMILES string of the molecule is CC(C)(C)CCn1cc(-c2ccsc2)c(O)c(C2=NP(=O)(O)c3cc(NS(C)(=O)=O)ccc3N2)c1=O.CCOP1(=O)N=C(c2c(O)c3sccc3n(CCC(C)(C)C)c2=O)Nc2ccc(NS(C)(=O)=O)cc21.COP1(=O)N=C(c2c(O)c(-c3ccsc3)cn(CCC(C)(C)C)c2=O)Nc2ccc(NS(C)(=O)=O)cc21.COP1(=O)N=C(c2c(O)c3cc(F)ccc3n(CCC3CC3)c2=O)Nc2ccc(NS(C)(=O)=O)cc21. The smallest absolute Gasteiger partial charge is 0.348 e. The summed E-state index contributed by atoms with van der Waals surface area (Å²) in [5.74, 6) is -2.03. The van der Waals surface area contributed by atoms with Crippen LogP contribution in [-0.2, 0) is 98.1 Å². The number of thiophene rings is 3. The van der Waals surface area contributed by atoms with Crippen LogP contribution in [0.15, 0.2) is 187 Å². The van der Waals surface area contributed by atoms with Gasteiger partial charge in [-0.05, 0) is 202 Å². The molecule has 0 saturated heterocycles. The predicted octanol–water partition coefficient (Wildman–Crippen LogP) is 15.9. The summed E-state index contributed by atoms with van der Waals surface area (Å²) in [4.78, 5) is 65.2. The van der Waals surface area contributed by atoms with Crippen LogP contribution in [0.2, 0.25) is 0 Å². The molecule has 0 spiro atoms. The van der Waals surface area contributed by atoms with Gasteiger partial charge in [0.2, 0.25) is 40.1 Å². The molecule has 4 unspecified atom stereocenters. The maximum Gasteiger partial charge on any atom is 0.348 e. The molecule has 774 valence electrons. The van der Waals surface area contributed by atoms with Crippen molar-refractivity contribution in [2.24, 2.45) is 41.2 Å². The molecule has 5 aromatic carbocycles. The zero-order valence-electron chi connectivity index (χ0n) is 81.4. The number of halogens is 1. The number of fused-ring (bicyclic) bond motifs is 6. The lowest BCUT2D eigenvalue weighted by atomic mass is 9.92. The minimum absolute atomic E-state index is 0.0260. The number of hydrogen-bond acceptors (Lipinski definition) is 30. The fourth-order valence-electron chi connectivity index (χ4n) is 15.8. The fourth-order valence-corrected chi connectivity index (χ4v) is 26.3. The van der Waals surface area contributed by atoms with Crippen molar-refractivity contribution >= 4 is 215 Å². The Labute approximate surface area is 847 Å². The number of pyridine rings is 4. The van der Waals surface area contributed by atoms with E-state index in [0.29, 0.717) is 88.7 Å². The van der Waals surface area contributed by atoms with E-state index in [1.165, 1.54) is 147 Å². The standard InChI is InChI=1S/C24H29N4O6PS2.C23H24FN4O6PS.C23H27N4O6PS2.C23H29N4O6PS2/c1-24(2,3)9-10-28-13-17(15-8-11-36-14-15)21(29)20(23(28)30)22-25-18-7-6-16(27-37(5,32)33)12-19(18)35(31,26-22)34-4;1-34-35(31)19-12-15(27-36(2,32)33)6-7-17(19)25-22(26-35)20-21(29)16-11-14(24)5-8-18(16)28(23(20)30)10-9-13-3-4-13;1-23(2,3)8-9-27-12-16(14-7-10-35-13-14)20(28)19(22(27)29)21-24-17-6-5-15(26-36(4,32)33)11-18(17)34(30,31)25-21;1-6-33-34(30)17-13-14(26-36(5,31)32)7-8-15(17)24-21(25-34)18-19(28)20-16(9-12-35-20)27(22(18)29)11-10-23(2,3)4/h6-8,11-14,27,29H,9-10H2,1-5H3,(H,25,26,31);5-8,11-13,27,29H,3-4,9-10H2,1-2H3,(H,25,26,31);5-7,10-13,26,28H,8-9H2,1-4H3,(H2,24,25,30,31);7-9,12-13,26,28H,6,10-11H2,1-5H3,(H,24,25,30). The highest BCUT2D eigenvalue weighted by molar-refractivity contribution is 7.92. The van der Waals surface area contributed by atoms with E-state index in [0.717, 1.165) is 62.3 Å². The lowest BCUT2D eigenvalue weighted by Crippen LogP contribution is -2.34. The Hall–Kier alpha value is -11.7. The quantitative estimate of drug-likeness (QED) is 0.0213. The van der Waals surface area contributed by atoms with E-state index in [2.05, 4.69) is 122 Å². The lowest BCUT2D eigenvalue weighted by molar-refractivity contribution is 0.341. The Morgan fingerprint density at radius 2 is 0.814 bits per heavy atom. The molecule has 5 aliphatic rings. The van der Waals surface area contributed by atoms with E-state index in [-0.39, 0.29) is 146 Å². The number of benzene rings is 5. The van der Waals surface area contributed by atoms with Crippen molar-refractivity contribution in [3.8, 4) is 45.3 Å². The first-order valence-corrected chi connectivity index (χ1v) is 61.5. The molecule has 145 heavy (non-hydrogen) atoms. The maximum atomic E-state index is 14.1. The highest BCUT2D eigenvalue weighted by atomic mass is 32.2. The van der Waals surface area contributed by atoms with Crippen LogP contribution in [0, 0.1) is 28.0 Å².